The van der Waals surface area contributed by atoms with Crippen molar-refractivity contribution in [2.45, 2.75) is 13.2 Å². The predicted molar refractivity (Wildman–Crippen MR) is 101 cm³/mol. The number of thiazole rings is 1. The number of thiophene rings is 1. The Labute approximate surface area is 170 Å². The second-order valence-electron chi connectivity index (χ2n) is 5.36. The average molecular weight is 442 g/mol. The van der Waals surface area contributed by atoms with Crippen LogP contribution >= 0.6 is 22.7 Å². The van der Waals surface area contributed by atoms with E-state index in [-0.39, 0.29) is 17.0 Å². The first-order valence-electron chi connectivity index (χ1n) is 7.85. The molecule has 0 amide bonds. The topological polar surface area (TPSA) is 101 Å². The maximum absolute atomic E-state index is 12.5. The standard InChI is InChI=1S/C17H12F2N2O6S2/c1-25-12-5-9(11(21(23)24)6-13(12)27-17(18)19)7-26-16(22)10-8-29-15(20-10)14-3-2-4-28-14/h2-6,8,17H,7H2,1H3. The van der Waals surface area contributed by atoms with Gasteiger partial charge in [-0.1, -0.05) is 6.07 Å². The van der Waals surface area contributed by atoms with E-state index in [9.17, 15) is 23.7 Å². The van der Waals surface area contributed by atoms with E-state index in [0.29, 0.717) is 5.01 Å². The highest BCUT2D eigenvalue weighted by Crippen LogP contribution is 2.36. The highest BCUT2D eigenvalue weighted by molar-refractivity contribution is 7.20. The number of ether oxygens (including phenoxy) is 3. The summed E-state index contributed by atoms with van der Waals surface area (Å²) in [4.78, 5) is 27.8. The minimum Gasteiger partial charge on any atom is -0.493 e. The molecule has 152 valence electrons. The van der Waals surface area contributed by atoms with Crippen molar-refractivity contribution in [3.05, 3.63) is 56.4 Å². The SMILES string of the molecule is COc1cc(COC(=O)c2csc(-c3cccs3)n2)c([N+](=O)[O-])cc1OC(F)F. The molecule has 0 atom stereocenters. The molecule has 3 rings (SSSR count). The molecule has 0 bridgehead atoms. The Kier molecular flexibility index (Phi) is 6.34. The lowest BCUT2D eigenvalue weighted by Crippen LogP contribution is -2.09. The lowest BCUT2D eigenvalue weighted by atomic mass is 10.1. The summed E-state index contributed by atoms with van der Waals surface area (Å²) in [5.41, 5.74) is -0.534. The van der Waals surface area contributed by atoms with Crippen molar-refractivity contribution in [3.8, 4) is 21.4 Å². The smallest absolute Gasteiger partial charge is 0.387 e. The van der Waals surface area contributed by atoms with Crippen LogP contribution in [0.15, 0.2) is 35.0 Å². The molecule has 0 radical (unpaired) electrons. The number of esters is 1. The summed E-state index contributed by atoms with van der Waals surface area (Å²) in [6, 6.07) is 5.62. The number of hydrogen-bond donors (Lipinski definition) is 0. The molecule has 3 aromatic rings. The van der Waals surface area contributed by atoms with Gasteiger partial charge in [0.2, 0.25) is 0 Å². The Bertz CT molecular complexity index is 1020. The number of nitrogens with zero attached hydrogens (tertiary/aromatic N) is 2. The van der Waals surface area contributed by atoms with Gasteiger partial charge in [0, 0.05) is 5.38 Å². The molecule has 1 aromatic carbocycles. The first-order valence-corrected chi connectivity index (χ1v) is 9.61. The highest BCUT2D eigenvalue weighted by atomic mass is 32.1. The van der Waals surface area contributed by atoms with E-state index in [4.69, 9.17) is 9.47 Å². The van der Waals surface area contributed by atoms with E-state index in [0.717, 1.165) is 17.0 Å². The Morgan fingerprint density at radius 2 is 2.10 bits per heavy atom. The summed E-state index contributed by atoms with van der Waals surface area (Å²) in [6.45, 7) is -3.67. The number of alkyl halides is 2. The quantitative estimate of drug-likeness (QED) is 0.282. The number of benzene rings is 1. The molecule has 8 nitrogen and oxygen atoms in total. The molecule has 0 spiro atoms. The first-order chi connectivity index (χ1) is 13.9. The van der Waals surface area contributed by atoms with Gasteiger partial charge in [-0.15, -0.1) is 22.7 Å². The normalized spacial score (nSPS) is 10.8. The number of carbonyl (C=O) groups excluding carboxylic acids is 1. The number of carbonyl (C=O) groups is 1. The minimum atomic E-state index is -3.19. The number of aromatic nitrogens is 1. The van der Waals surface area contributed by atoms with Crippen LogP contribution in [0.5, 0.6) is 11.5 Å². The number of hydrogen-bond acceptors (Lipinski definition) is 9. The van der Waals surface area contributed by atoms with E-state index in [2.05, 4.69) is 9.72 Å². The molecule has 2 aromatic heterocycles. The van der Waals surface area contributed by atoms with Crippen LogP contribution < -0.4 is 9.47 Å². The summed E-state index contributed by atoms with van der Waals surface area (Å²) in [6.07, 6.45) is 0. The second-order valence-corrected chi connectivity index (χ2v) is 7.16. The zero-order chi connectivity index (χ0) is 21.0. The molecular formula is C17H12F2N2O6S2. The van der Waals surface area contributed by atoms with Gasteiger partial charge in [-0.05, 0) is 17.5 Å². The van der Waals surface area contributed by atoms with E-state index in [1.807, 2.05) is 17.5 Å². The van der Waals surface area contributed by atoms with Crippen molar-refractivity contribution in [2.24, 2.45) is 0 Å². The number of rotatable bonds is 8. The van der Waals surface area contributed by atoms with Crippen molar-refractivity contribution in [1.82, 2.24) is 4.98 Å². The molecule has 0 unspecified atom stereocenters. The second kappa shape index (κ2) is 8.92. The largest absolute Gasteiger partial charge is 0.493 e. The number of halogens is 2. The fraction of sp³-hybridized carbons (Fsp3) is 0.176. The van der Waals surface area contributed by atoms with E-state index in [1.165, 1.54) is 35.2 Å². The summed E-state index contributed by atoms with van der Waals surface area (Å²) < 4.78 is 39.3. The molecule has 0 aliphatic carbocycles. The van der Waals surface area contributed by atoms with Crippen LogP contribution in [0.25, 0.3) is 9.88 Å². The van der Waals surface area contributed by atoms with Crippen molar-refractivity contribution in [2.75, 3.05) is 7.11 Å². The Morgan fingerprint density at radius 3 is 2.72 bits per heavy atom. The van der Waals surface area contributed by atoms with Crippen molar-refractivity contribution in [3.63, 3.8) is 0 Å². The van der Waals surface area contributed by atoms with Gasteiger partial charge < -0.3 is 14.2 Å². The third-order valence-corrected chi connectivity index (χ3v) is 5.46. The first kappa shape index (κ1) is 20.6. The van der Waals surface area contributed by atoms with Crippen LogP contribution in [0.3, 0.4) is 0 Å². The van der Waals surface area contributed by atoms with Gasteiger partial charge in [0.05, 0.1) is 28.5 Å². The Morgan fingerprint density at radius 1 is 1.31 bits per heavy atom. The zero-order valence-electron chi connectivity index (χ0n) is 14.7. The van der Waals surface area contributed by atoms with Crippen LogP contribution in [0.1, 0.15) is 16.1 Å². The molecule has 29 heavy (non-hydrogen) atoms. The lowest BCUT2D eigenvalue weighted by molar-refractivity contribution is -0.386. The van der Waals surface area contributed by atoms with Gasteiger partial charge in [0.25, 0.3) is 5.69 Å². The average Bonchev–Trinajstić information content (AvgIpc) is 3.37. The molecule has 0 saturated carbocycles. The Balaban J connectivity index is 1.78. The molecule has 0 aliphatic rings. The predicted octanol–water partition coefficient (Wildman–Crippen LogP) is 4.75. The summed E-state index contributed by atoms with van der Waals surface area (Å²) in [5, 5.41) is 15.3. The number of nitro benzene ring substituents is 1. The summed E-state index contributed by atoms with van der Waals surface area (Å²) in [5.74, 6) is -1.43. The van der Waals surface area contributed by atoms with E-state index >= 15 is 0 Å². The third-order valence-electron chi connectivity index (χ3n) is 3.58. The van der Waals surface area contributed by atoms with Crippen LogP contribution in [0.2, 0.25) is 0 Å². The van der Waals surface area contributed by atoms with Gasteiger partial charge in [0.1, 0.15) is 11.6 Å². The van der Waals surface area contributed by atoms with Crippen LogP contribution in [0, 0.1) is 10.1 Å². The Hall–Kier alpha value is -3.12. The molecule has 2 heterocycles. The van der Waals surface area contributed by atoms with Crippen molar-refractivity contribution in [1.29, 1.82) is 0 Å². The summed E-state index contributed by atoms with van der Waals surface area (Å²) in [7, 11) is 1.19. The molecule has 12 heteroatoms. The number of methoxy groups -OCH3 is 1. The van der Waals surface area contributed by atoms with Gasteiger partial charge in [-0.25, -0.2) is 9.78 Å². The number of nitro groups is 1. The molecule has 0 fully saturated rings. The monoisotopic (exact) mass is 442 g/mol. The van der Waals surface area contributed by atoms with E-state index < -0.39 is 35.5 Å². The third kappa shape index (κ3) is 4.84. The van der Waals surface area contributed by atoms with Crippen molar-refractivity contribution >= 4 is 34.3 Å². The van der Waals surface area contributed by atoms with Gasteiger partial charge in [-0.3, -0.25) is 10.1 Å². The lowest BCUT2D eigenvalue weighted by Gasteiger charge is -2.12. The molecular weight excluding hydrogens is 430 g/mol. The minimum absolute atomic E-state index is 0.0458. The van der Waals surface area contributed by atoms with Crippen molar-refractivity contribution < 1.29 is 32.7 Å². The van der Waals surface area contributed by atoms with Crippen LogP contribution in [0.4, 0.5) is 14.5 Å². The van der Waals surface area contributed by atoms with Gasteiger partial charge >= 0.3 is 12.6 Å². The fourth-order valence-electron chi connectivity index (χ4n) is 2.32. The highest BCUT2D eigenvalue weighted by Gasteiger charge is 2.23. The van der Waals surface area contributed by atoms with Crippen LogP contribution in [-0.4, -0.2) is 29.6 Å². The van der Waals surface area contributed by atoms with Gasteiger partial charge in [-0.2, -0.15) is 8.78 Å². The zero-order valence-corrected chi connectivity index (χ0v) is 16.3. The molecule has 0 saturated heterocycles. The molecule has 0 N–H and O–H groups in total. The maximum Gasteiger partial charge on any atom is 0.387 e. The maximum atomic E-state index is 12.5. The van der Waals surface area contributed by atoms with Crippen LogP contribution in [-0.2, 0) is 11.3 Å². The van der Waals surface area contributed by atoms with E-state index in [1.54, 1.807) is 0 Å². The summed E-state index contributed by atoms with van der Waals surface area (Å²) >= 11 is 2.73. The molecule has 0 aliphatic heterocycles. The fourth-order valence-corrected chi connectivity index (χ4v) is 3.93. The van der Waals surface area contributed by atoms with Gasteiger partial charge in [0.15, 0.2) is 17.2 Å².